The second-order valence-corrected chi connectivity index (χ2v) is 6.85. The van der Waals surface area contributed by atoms with Gasteiger partial charge < -0.3 is 9.47 Å². The van der Waals surface area contributed by atoms with Crippen molar-refractivity contribution in [3.63, 3.8) is 0 Å². The van der Waals surface area contributed by atoms with Crippen LogP contribution in [0.15, 0.2) is 48.5 Å². The summed E-state index contributed by atoms with van der Waals surface area (Å²) in [5, 5.41) is 0. The van der Waals surface area contributed by atoms with E-state index in [1.807, 2.05) is 26.0 Å². The number of aryl methyl sites for hydroxylation is 1. The first kappa shape index (κ1) is 23.8. The second-order valence-electron chi connectivity index (χ2n) is 6.85. The minimum absolute atomic E-state index is 0. The van der Waals surface area contributed by atoms with Crippen LogP contribution in [0, 0.1) is 6.92 Å². The second kappa shape index (κ2) is 12.2. The molecule has 0 aliphatic rings. The Bertz CT molecular complexity index is 738. The van der Waals surface area contributed by atoms with E-state index in [4.69, 9.17) is 9.47 Å². The van der Waals surface area contributed by atoms with E-state index in [-0.39, 0.29) is 25.6 Å². The van der Waals surface area contributed by atoms with Gasteiger partial charge in [0.1, 0.15) is 5.75 Å². The highest BCUT2D eigenvalue weighted by molar-refractivity contribution is 7.59. The maximum absolute atomic E-state index is 12.2. The molecule has 2 rings (SSSR count). The van der Waals surface area contributed by atoms with E-state index >= 15 is 0 Å². The average molecular weight is 403 g/mol. The smallest absolute Gasteiger partial charge is 0.343 e. The number of benzene rings is 2. The molecule has 2 aromatic rings. The van der Waals surface area contributed by atoms with E-state index in [0.29, 0.717) is 16.9 Å². The maximum atomic E-state index is 12.2. The molecule has 0 spiro atoms. The van der Waals surface area contributed by atoms with E-state index in [0.717, 1.165) is 18.4 Å². The highest BCUT2D eigenvalue weighted by Crippen LogP contribution is 2.17. The molecule has 0 saturated carbocycles. The molecule has 0 heterocycles. The molecule has 0 amide bonds. The van der Waals surface area contributed by atoms with E-state index in [2.05, 4.69) is 6.92 Å². The molecule has 28 heavy (non-hydrogen) atoms. The van der Waals surface area contributed by atoms with Crippen LogP contribution in [0.4, 0.5) is 0 Å². The lowest BCUT2D eigenvalue weighted by Gasteiger charge is -2.13. The van der Waals surface area contributed by atoms with Crippen molar-refractivity contribution in [1.29, 1.82) is 0 Å². The van der Waals surface area contributed by atoms with Crippen molar-refractivity contribution in [3.05, 3.63) is 65.2 Å². The lowest BCUT2D eigenvalue weighted by molar-refractivity contribution is 0.0319. The van der Waals surface area contributed by atoms with Crippen molar-refractivity contribution in [2.45, 2.75) is 59.0 Å². The molecule has 4 nitrogen and oxygen atoms in total. The number of carbonyl (C=O) groups excluding carboxylic acids is 2. The minimum atomic E-state index is -0.425. The van der Waals surface area contributed by atoms with Crippen LogP contribution in [-0.2, 0) is 4.74 Å². The van der Waals surface area contributed by atoms with Crippen molar-refractivity contribution in [2.24, 2.45) is 0 Å². The molecular formula is C23H30O4S. The lowest BCUT2D eigenvalue weighted by atomic mass is 10.1. The van der Waals surface area contributed by atoms with Crippen molar-refractivity contribution < 1.29 is 19.1 Å². The van der Waals surface area contributed by atoms with E-state index in [9.17, 15) is 9.59 Å². The summed E-state index contributed by atoms with van der Waals surface area (Å²) in [7, 11) is 0. The molecule has 5 heteroatoms. The first-order valence-electron chi connectivity index (χ1n) is 9.59. The summed E-state index contributed by atoms with van der Waals surface area (Å²) in [6, 6.07) is 13.6. The highest BCUT2D eigenvalue weighted by atomic mass is 32.1. The monoisotopic (exact) mass is 402 g/mol. The first-order valence-corrected chi connectivity index (χ1v) is 9.59. The van der Waals surface area contributed by atoms with Crippen LogP contribution >= 0.6 is 13.5 Å². The molecule has 1 unspecified atom stereocenters. The van der Waals surface area contributed by atoms with Crippen molar-refractivity contribution >= 4 is 25.4 Å². The fourth-order valence-corrected chi connectivity index (χ4v) is 2.68. The predicted molar refractivity (Wildman–Crippen MR) is 117 cm³/mol. The molecule has 0 N–H and O–H groups in total. The Morgan fingerprint density at radius 3 is 2.04 bits per heavy atom. The topological polar surface area (TPSA) is 52.6 Å². The van der Waals surface area contributed by atoms with Crippen molar-refractivity contribution in [1.82, 2.24) is 0 Å². The fourth-order valence-electron chi connectivity index (χ4n) is 2.68. The van der Waals surface area contributed by atoms with Crippen LogP contribution in [0.25, 0.3) is 0 Å². The van der Waals surface area contributed by atoms with Gasteiger partial charge in [0.2, 0.25) is 0 Å². The van der Waals surface area contributed by atoms with Gasteiger partial charge in [-0.25, -0.2) is 9.59 Å². The Hall–Kier alpha value is -2.27. The zero-order valence-corrected chi connectivity index (χ0v) is 17.9. The molecule has 0 fully saturated rings. The zero-order valence-electron chi connectivity index (χ0n) is 16.9. The van der Waals surface area contributed by atoms with Gasteiger partial charge in [-0.15, -0.1) is 0 Å². The van der Waals surface area contributed by atoms with Gasteiger partial charge in [-0.2, -0.15) is 13.5 Å². The summed E-state index contributed by atoms with van der Waals surface area (Å²) in [4.78, 5) is 24.3. The van der Waals surface area contributed by atoms with Crippen LogP contribution in [0.5, 0.6) is 5.75 Å². The third-order valence-electron chi connectivity index (χ3n) is 4.36. The van der Waals surface area contributed by atoms with Gasteiger partial charge in [0.25, 0.3) is 0 Å². The van der Waals surface area contributed by atoms with Gasteiger partial charge in [0, 0.05) is 0 Å². The molecule has 152 valence electrons. The molecular weight excluding hydrogens is 372 g/mol. The number of esters is 2. The van der Waals surface area contributed by atoms with Crippen molar-refractivity contribution in [3.8, 4) is 5.75 Å². The quantitative estimate of drug-likeness (QED) is 0.300. The van der Waals surface area contributed by atoms with Crippen LogP contribution in [0.3, 0.4) is 0 Å². The largest absolute Gasteiger partial charge is 0.459 e. The van der Waals surface area contributed by atoms with Gasteiger partial charge >= 0.3 is 11.9 Å². The molecule has 2 aromatic carbocycles. The summed E-state index contributed by atoms with van der Waals surface area (Å²) in [5.74, 6) is -0.384. The number of carbonyl (C=O) groups is 2. The first-order chi connectivity index (χ1) is 13.0. The van der Waals surface area contributed by atoms with Crippen LogP contribution in [-0.4, -0.2) is 18.0 Å². The average Bonchev–Trinajstić information content (AvgIpc) is 2.66. The molecule has 0 radical (unpaired) electrons. The van der Waals surface area contributed by atoms with Crippen LogP contribution in [0.2, 0.25) is 0 Å². The number of ether oxygens (including phenoxy) is 2. The molecule has 0 aromatic heterocycles. The SMILES string of the molecule is CCCCCCC(C)OC(=O)c1ccc(OC(=O)c2ccc(C)cc2)cc1.S. The van der Waals surface area contributed by atoms with Crippen LogP contribution in [0.1, 0.15) is 72.2 Å². The van der Waals surface area contributed by atoms with E-state index < -0.39 is 5.97 Å². The summed E-state index contributed by atoms with van der Waals surface area (Å²) in [6.45, 7) is 6.05. The van der Waals surface area contributed by atoms with Crippen LogP contribution < -0.4 is 4.74 Å². The van der Waals surface area contributed by atoms with Gasteiger partial charge in [0.15, 0.2) is 0 Å². The van der Waals surface area contributed by atoms with E-state index in [1.165, 1.54) is 19.3 Å². The Balaban J connectivity index is 0.00000392. The molecule has 0 aliphatic carbocycles. The molecule has 0 bridgehead atoms. The fraction of sp³-hybridized carbons (Fsp3) is 0.391. The summed E-state index contributed by atoms with van der Waals surface area (Å²) < 4.78 is 10.8. The Labute approximate surface area is 174 Å². The third-order valence-corrected chi connectivity index (χ3v) is 4.36. The highest BCUT2D eigenvalue weighted by Gasteiger charge is 2.13. The molecule has 1 atom stereocenters. The third kappa shape index (κ3) is 7.77. The lowest BCUT2D eigenvalue weighted by Crippen LogP contribution is -2.15. The number of hydrogen-bond acceptors (Lipinski definition) is 4. The summed E-state index contributed by atoms with van der Waals surface area (Å²) >= 11 is 0. The normalized spacial score (nSPS) is 11.2. The number of rotatable bonds is 9. The van der Waals surface area contributed by atoms with E-state index in [1.54, 1.807) is 36.4 Å². The predicted octanol–water partition coefficient (Wildman–Crippen LogP) is 5.84. The Morgan fingerprint density at radius 2 is 1.43 bits per heavy atom. The molecule has 0 saturated heterocycles. The number of hydrogen-bond donors (Lipinski definition) is 0. The Kier molecular flexibility index (Phi) is 10.4. The van der Waals surface area contributed by atoms with Crippen molar-refractivity contribution in [2.75, 3.05) is 0 Å². The summed E-state index contributed by atoms with van der Waals surface area (Å²) in [6.07, 6.45) is 5.40. The van der Waals surface area contributed by atoms with Gasteiger partial charge in [-0.3, -0.25) is 0 Å². The minimum Gasteiger partial charge on any atom is -0.459 e. The Morgan fingerprint density at radius 1 is 0.857 bits per heavy atom. The number of unbranched alkanes of at least 4 members (excludes halogenated alkanes) is 3. The van der Waals surface area contributed by atoms with Gasteiger partial charge in [0.05, 0.1) is 17.2 Å². The van der Waals surface area contributed by atoms with Gasteiger partial charge in [-0.05, 0) is 63.1 Å². The van der Waals surface area contributed by atoms with Gasteiger partial charge in [-0.1, -0.05) is 43.9 Å². The maximum Gasteiger partial charge on any atom is 0.343 e. The molecule has 0 aliphatic heterocycles. The zero-order chi connectivity index (χ0) is 19.6. The summed E-state index contributed by atoms with van der Waals surface area (Å²) in [5.41, 5.74) is 2.01. The standard InChI is InChI=1S/C23H28O4.H2S/c1-4-5-6-7-8-18(3)26-22(24)20-13-15-21(16-14-20)27-23(25)19-11-9-17(2)10-12-19;/h9-16,18H,4-8H2,1-3H3;1H2.